The van der Waals surface area contributed by atoms with E-state index in [0.717, 1.165) is 30.8 Å². The standard InChI is InChI=1S/C17H25N3O/c1-12(18-13-9-10-21-17(2,3)11-13)16-19-14-7-5-6-8-15(14)20(16)4/h5-8,12-13,18H,9-11H2,1-4H3. The number of ether oxygens (including phenoxy) is 1. The summed E-state index contributed by atoms with van der Waals surface area (Å²) in [6, 6.07) is 9.02. The van der Waals surface area contributed by atoms with Crippen molar-refractivity contribution in [3.63, 3.8) is 0 Å². The molecule has 4 nitrogen and oxygen atoms in total. The molecule has 1 saturated heterocycles. The molecule has 3 rings (SSSR count). The smallest absolute Gasteiger partial charge is 0.126 e. The summed E-state index contributed by atoms with van der Waals surface area (Å²) in [5, 5.41) is 3.73. The van der Waals surface area contributed by atoms with Crippen molar-refractivity contribution in [3.05, 3.63) is 30.1 Å². The number of para-hydroxylation sites is 2. The lowest BCUT2D eigenvalue weighted by Gasteiger charge is -2.37. The maximum absolute atomic E-state index is 5.79. The molecular weight excluding hydrogens is 262 g/mol. The van der Waals surface area contributed by atoms with Crippen LogP contribution in [0, 0.1) is 0 Å². The van der Waals surface area contributed by atoms with E-state index >= 15 is 0 Å². The quantitative estimate of drug-likeness (QED) is 0.942. The van der Waals surface area contributed by atoms with E-state index in [2.05, 4.69) is 55.9 Å². The largest absolute Gasteiger partial charge is 0.375 e. The van der Waals surface area contributed by atoms with Crippen LogP contribution in [0.25, 0.3) is 11.0 Å². The van der Waals surface area contributed by atoms with Crippen molar-refractivity contribution in [1.82, 2.24) is 14.9 Å². The molecule has 1 aliphatic rings. The molecule has 21 heavy (non-hydrogen) atoms. The van der Waals surface area contributed by atoms with E-state index < -0.39 is 0 Å². The fraction of sp³-hybridized carbons (Fsp3) is 0.588. The molecule has 0 aliphatic carbocycles. The first kappa shape index (κ1) is 14.5. The van der Waals surface area contributed by atoms with Crippen LogP contribution in [0.5, 0.6) is 0 Å². The molecule has 0 radical (unpaired) electrons. The first-order valence-electron chi connectivity index (χ1n) is 7.78. The highest BCUT2D eigenvalue weighted by Gasteiger charge is 2.30. The van der Waals surface area contributed by atoms with Gasteiger partial charge < -0.3 is 14.6 Å². The van der Waals surface area contributed by atoms with E-state index in [9.17, 15) is 0 Å². The summed E-state index contributed by atoms with van der Waals surface area (Å²) in [5.41, 5.74) is 2.23. The van der Waals surface area contributed by atoms with Gasteiger partial charge in [0.2, 0.25) is 0 Å². The molecule has 1 N–H and O–H groups in total. The van der Waals surface area contributed by atoms with E-state index in [1.165, 1.54) is 5.52 Å². The number of hydrogen-bond donors (Lipinski definition) is 1. The molecule has 1 aliphatic heterocycles. The fourth-order valence-corrected chi connectivity index (χ4v) is 3.35. The van der Waals surface area contributed by atoms with E-state index in [0.29, 0.717) is 6.04 Å². The summed E-state index contributed by atoms with van der Waals surface area (Å²) in [6.07, 6.45) is 2.11. The Balaban J connectivity index is 1.78. The van der Waals surface area contributed by atoms with Gasteiger partial charge >= 0.3 is 0 Å². The van der Waals surface area contributed by atoms with Gasteiger partial charge in [0.25, 0.3) is 0 Å². The lowest BCUT2D eigenvalue weighted by Crippen LogP contribution is -2.44. The van der Waals surface area contributed by atoms with E-state index in [4.69, 9.17) is 9.72 Å². The highest BCUT2D eigenvalue weighted by molar-refractivity contribution is 5.75. The highest BCUT2D eigenvalue weighted by Crippen LogP contribution is 2.26. The Bertz CT molecular complexity index is 632. The van der Waals surface area contributed by atoms with Crippen LogP contribution < -0.4 is 5.32 Å². The predicted octanol–water partition coefficient (Wildman–Crippen LogP) is 3.18. The van der Waals surface area contributed by atoms with Gasteiger partial charge in [0, 0.05) is 19.7 Å². The van der Waals surface area contributed by atoms with Gasteiger partial charge in [-0.2, -0.15) is 0 Å². The van der Waals surface area contributed by atoms with Gasteiger partial charge in [-0.3, -0.25) is 0 Å². The highest BCUT2D eigenvalue weighted by atomic mass is 16.5. The van der Waals surface area contributed by atoms with Crippen molar-refractivity contribution in [3.8, 4) is 0 Å². The lowest BCUT2D eigenvalue weighted by atomic mass is 9.93. The van der Waals surface area contributed by atoms with Gasteiger partial charge in [-0.15, -0.1) is 0 Å². The third-order valence-electron chi connectivity index (χ3n) is 4.39. The van der Waals surface area contributed by atoms with Gasteiger partial charge in [-0.1, -0.05) is 12.1 Å². The molecule has 0 bridgehead atoms. The van der Waals surface area contributed by atoms with Crippen molar-refractivity contribution >= 4 is 11.0 Å². The molecule has 1 aromatic carbocycles. The summed E-state index contributed by atoms with van der Waals surface area (Å²) in [6.45, 7) is 7.37. The Morgan fingerprint density at radius 3 is 2.86 bits per heavy atom. The summed E-state index contributed by atoms with van der Waals surface area (Å²) in [5.74, 6) is 1.10. The Morgan fingerprint density at radius 2 is 2.14 bits per heavy atom. The zero-order valence-electron chi connectivity index (χ0n) is 13.4. The fourth-order valence-electron chi connectivity index (χ4n) is 3.35. The van der Waals surface area contributed by atoms with Crippen molar-refractivity contribution < 1.29 is 4.74 Å². The first-order chi connectivity index (χ1) is 9.96. The number of fused-ring (bicyclic) bond motifs is 1. The summed E-state index contributed by atoms with van der Waals surface area (Å²) >= 11 is 0. The molecule has 1 aromatic heterocycles. The number of aryl methyl sites for hydroxylation is 1. The molecule has 114 valence electrons. The number of hydrogen-bond acceptors (Lipinski definition) is 3. The van der Waals surface area contributed by atoms with Crippen molar-refractivity contribution in [2.45, 2.75) is 51.3 Å². The van der Waals surface area contributed by atoms with Crippen LogP contribution >= 0.6 is 0 Å². The molecular formula is C17H25N3O. The average molecular weight is 287 g/mol. The van der Waals surface area contributed by atoms with Crippen molar-refractivity contribution in [2.75, 3.05) is 6.61 Å². The Hall–Kier alpha value is -1.39. The second-order valence-electron chi connectivity index (χ2n) is 6.70. The normalized spacial score (nSPS) is 23.3. The molecule has 0 spiro atoms. The van der Waals surface area contributed by atoms with Crippen LogP contribution in [0.15, 0.2) is 24.3 Å². The third kappa shape index (κ3) is 2.97. The Morgan fingerprint density at radius 1 is 1.38 bits per heavy atom. The summed E-state index contributed by atoms with van der Waals surface area (Å²) < 4.78 is 7.99. The monoisotopic (exact) mass is 287 g/mol. The first-order valence-corrected chi connectivity index (χ1v) is 7.78. The number of nitrogens with one attached hydrogen (secondary N) is 1. The van der Waals surface area contributed by atoms with Gasteiger partial charge in [-0.25, -0.2) is 4.98 Å². The van der Waals surface area contributed by atoms with Crippen LogP contribution in [-0.2, 0) is 11.8 Å². The van der Waals surface area contributed by atoms with Crippen molar-refractivity contribution in [1.29, 1.82) is 0 Å². The average Bonchev–Trinajstić information content (AvgIpc) is 2.76. The minimum absolute atomic E-state index is 0.0258. The Labute approximate surface area is 126 Å². The number of rotatable bonds is 3. The Kier molecular flexibility index (Phi) is 3.76. The molecule has 0 saturated carbocycles. The topological polar surface area (TPSA) is 39.1 Å². The number of benzene rings is 1. The zero-order chi connectivity index (χ0) is 15.0. The summed E-state index contributed by atoms with van der Waals surface area (Å²) in [7, 11) is 2.09. The number of imidazole rings is 1. The van der Waals surface area contributed by atoms with Crippen LogP contribution in [0.1, 0.15) is 45.5 Å². The van der Waals surface area contributed by atoms with Gasteiger partial charge in [0.1, 0.15) is 5.82 Å². The predicted molar refractivity (Wildman–Crippen MR) is 85.3 cm³/mol. The van der Waals surface area contributed by atoms with E-state index in [1.54, 1.807) is 0 Å². The van der Waals surface area contributed by atoms with Gasteiger partial charge in [-0.05, 0) is 45.7 Å². The minimum atomic E-state index is -0.0258. The van der Waals surface area contributed by atoms with Crippen LogP contribution in [-0.4, -0.2) is 27.8 Å². The van der Waals surface area contributed by atoms with Gasteiger partial charge in [0.05, 0.1) is 22.7 Å². The van der Waals surface area contributed by atoms with E-state index in [-0.39, 0.29) is 11.6 Å². The lowest BCUT2D eigenvalue weighted by molar-refractivity contribution is -0.0641. The number of aromatic nitrogens is 2. The SMILES string of the molecule is CC(NC1CCOC(C)(C)C1)c1nc2ccccc2n1C. The van der Waals surface area contributed by atoms with Crippen LogP contribution in [0.4, 0.5) is 0 Å². The molecule has 0 amide bonds. The molecule has 2 atom stereocenters. The van der Waals surface area contributed by atoms with Crippen LogP contribution in [0.3, 0.4) is 0 Å². The van der Waals surface area contributed by atoms with Gasteiger partial charge in [0.15, 0.2) is 0 Å². The molecule has 2 aromatic rings. The molecule has 1 fully saturated rings. The van der Waals surface area contributed by atoms with Crippen LogP contribution in [0.2, 0.25) is 0 Å². The second kappa shape index (κ2) is 5.43. The second-order valence-corrected chi connectivity index (χ2v) is 6.70. The molecule has 2 heterocycles. The number of nitrogens with zero attached hydrogens (tertiary/aromatic N) is 2. The maximum Gasteiger partial charge on any atom is 0.126 e. The third-order valence-corrected chi connectivity index (χ3v) is 4.39. The summed E-state index contributed by atoms with van der Waals surface area (Å²) in [4.78, 5) is 4.78. The molecule has 2 unspecified atom stereocenters. The maximum atomic E-state index is 5.79. The minimum Gasteiger partial charge on any atom is -0.375 e. The zero-order valence-corrected chi connectivity index (χ0v) is 13.4. The molecule has 4 heteroatoms. The van der Waals surface area contributed by atoms with Crippen molar-refractivity contribution in [2.24, 2.45) is 7.05 Å². The van der Waals surface area contributed by atoms with E-state index in [1.807, 2.05) is 6.07 Å².